The lowest BCUT2D eigenvalue weighted by Gasteiger charge is -2.41. The molecule has 5 nitrogen and oxygen atoms in total. The van der Waals surface area contributed by atoms with E-state index < -0.39 is 0 Å². The molecular formula is C18H34IN5S. The Kier molecular flexibility index (Phi) is 10.3. The summed E-state index contributed by atoms with van der Waals surface area (Å²) in [5.74, 6) is 0.885. The second kappa shape index (κ2) is 11.3. The number of hydrogen-bond donors (Lipinski definition) is 2. The molecule has 0 saturated carbocycles. The number of nitrogens with zero attached hydrogens (tertiary/aromatic N) is 3. The van der Waals surface area contributed by atoms with Gasteiger partial charge in [-0.15, -0.1) is 35.3 Å². The van der Waals surface area contributed by atoms with Gasteiger partial charge in [0.1, 0.15) is 5.01 Å². The van der Waals surface area contributed by atoms with Crippen molar-refractivity contribution in [3.8, 4) is 0 Å². The van der Waals surface area contributed by atoms with Crippen LogP contribution < -0.4 is 10.6 Å². The Labute approximate surface area is 174 Å². The number of likely N-dealkylation sites (tertiary alicyclic amines) is 1. The summed E-state index contributed by atoms with van der Waals surface area (Å²) in [4.78, 5) is 13.1. The molecule has 1 fully saturated rings. The SMILES string of the molecule is CCNC(=NCc1ncc(CC)s1)NCC(C)(C)N1CCCCC1.I. The van der Waals surface area contributed by atoms with E-state index in [0.29, 0.717) is 6.54 Å². The number of thiazole rings is 1. The monoisotopic (exact) mass is 479 g/mol. The number of piperidine rings is 1. The third-order valence-corrected chi connectivity index (χ3v) is 5.69. The lowest BCUT2D eigenvalue weighted by molar-refractivity contribution is 0.0982. The lowest BCUT2D eigenvalue weighted by Crippen LogP contribution is -2.54. The Bertz CT molecular complexity index is 523. The first-order chi connectivity index (χ1) is 11.5. The number of aromatic nitrogens is 1. The van der Waals surface area contributed by atoms with Crippen LogP contribution >= 0.6 is 35.3 Å². The third kappa shape index (κ3) is 7.38. The molecule has 7 heteroatoms. The minimum Gasteiger partial charge on any atom is -0.357 e. The fraction of sp³-hybridized carbons (Fsp3) is 0.778. The lowest BCUT2D eigenvalue weighted by atomic mass is 9.98. The number of guanidine groups is 1. The molecule has 0 spiro atoms. The van der Waals surface area contributed by atoms with Gasteiger partial charge in [-0.05, 0) is 53.1 Å². The fourth-order valence-corrected chi connectivity index (χ4v) is 3.77. The maximum atomic E-state index is 4.70. The third-order valence-electron chi connectivity index (χ3n) is 4.57. The number of hydrogen-bond acceptors (Lipinski definition) is 4. The van der Waals surface area contributed by atoms with Gasteiger partial charge in [0.2, 0.25) is 0 Å². The van der Waals surface area contributed by atoms with Gasteiger partial charge >= 0.3 is 0 Å². The first kappa shape index (κ1) is 22.6. The molecule has 1 aliphatic rings. The van der Waals surface area contributed by atoms with Crippen molar-refractivity contribution < 1.29 is 0 Å². The van der Waals surface area contributed by atoms with Crippen LogP contribution in [0.2, 0.25) is 0 Å². The van der Waals surface area contributed by atoms with E-state index in [-0.39, 0.29) is 29.5 Å². The number of halogens is 1. The van der Waals surface area contributed by atoms with Crippen LogP contribution in [0.5, 0.6) is 0 Å². The maximum absolute atomic E-state index is 4.70. The Morgan fingerprint density at radius 1 is 1.24 bits per heavy atom. The van der Waals surface area contributed by atoms with Gasteiger partial charge in [0, 0.05) is 29.7 Å². The highest BCUT2D eigenvalue weighted by Gasteiger charge is 2.27. The molecule has 1 aromatic heterocycles. The van der Waals surface area contributed by atoms with E-state index in [1.54, 1.807) is 11.3 Å². The van der Waals surface area contributed by atoms with Crippen molar-refractivity contribution in [3.63, 3.8) is 0 Å². The van der Waals surface area contributed by atoms with Crippen LogP contribution in [0.25, 0.3) is 0 Å². The molecule has 0 aliphatic carbocycles. The zero-order chi connectivity index (χ0) is 17.4. The molecule has 1 aliphatic heterocycles. The quantitative estimate of drug-likeness (QED) is 0.356. The van der Waals surface area contributed by atoms with Crippen LogP contribution in [0.15, 0.2) is 11.2 Å². The molecule has 2 heterocycles. The second-order valence-electron chi connectivity index (χ2n) is 6.98. The van der Waals surface area contributed by atoms with Crippen LogP contribution in [0.1, 0.15) is 56.8 Å². The molecule has 2 rings (SSSR count). The Morgan fingerprint density at radius 2 is 1.96 bits per heavy atom. The summed E-state index contributed by atoms with van der Waals surface area (Å²) in [7, 11) is 0. The smallest absolute Gasteiger partial charge is 0.191 e. The first-order valence-electron chi connectivity index (χ1n) is 9.26. The molecule has 0 unspecified atom stereocenters. The molecule has 0 bridgehead atoms. The summed E-state index contributed by atoms with van der Waals surface area (Å²) in [6.45, 7) is 13.7. The molecule has 1 saturated heterocycles. The average Bonchev–Trinajstić information content (AvgIpc) is 3.06. The molecule has 25 heavy (non-hydrogen) atoms. The van der Waals surface area contributed by atoms with Gasteiger partial charge in [0.15, 0.2) is 5.96 Å². The normalized spacial score (nSPS) is 16.4. The van der Waals surface area contributed by atoms with E-state index in [4.69, 9.17) is 4.99 Å². The van der Waals surface area contributed by atoms with Crippen LogP contribution in [-0.4, -0.2) is 47.6 Å². The summed E-state index contributed by atoms with van der Waals surface area (Å²) in [6.07, 6.45) is 7.03. The number of aryl methyl sites for hydroxylation is 1. The van der Waals surface area contributed by atoms with Crippen molar-refractivity contribution in [3.05, 3.63) is 16.1 Å². The summed E-state index contributed by atoms with van der Waals surface area (Å²) >= 11 is 1.76. The second-order valence-corrected chi connectivity index (χ2v) is 8.18. The van der Waals surface area contributed by atoms with E-state index in [1.165, 1.54) is 37.2 Å². The molecule has 2 N–H and O–H groups in total. The molecule has 144 valence electrons. The molecule has 0 amide bonds. The van der Waals surface area contributed by atoms with E-state index in [2.05, 4.69) is 48.2 Å². The summed E-state index contributed by atoms with van der Waals surface area (Å²) in [5, 5.41) is 7.95. The van der Waals surface area contributed by atoms with E-state index in [1.807, 2.05) is 6.20 Å². The highest BCUT2D eigenvalue weighted by Crippen LogP contribution is 2.19. The van der Waals surface area contributed by atoms with Crippen LogP contribution in [0, 0.1) is 0 Å². The number of rotatable bonds is 7. The standard InChI is InChI=1S/C18H33N5S.HI/c1-5-15-12-20-16(24-15)13-21-17(19-6-2)22-14-18(3,4)23-10-8-7-9-11-23;/h12H,5-11,13-14H2,1-4H3,(H2,19,21,22);1H. The predicted molar refractivity (Wildman–Crippen MR) is 119 cm³/mol. The summed E-state index contributed by atoms with van der Waals surface area (Å²) in [5.41, 5.74) is 0.146. The molecular weight excluding hydrogens is 445 g/mol. The van der Waals surface area contributed by atoms with E-state index >= 15 is 0 Å². The van der Waals surface area contributed by atoms with Gasteiger partial charge in [-0.2, -0.15) is 0 Å². The van der Waals surface area contributed by atoms with Crippen molar-refractivity contribution in [2.75, 3.05) is 26.2 Å². The zero-order valence-corrected chi connectivity index (χ0v) is 19.2. The van der Waals surface area contributed by atoms with Gasteiger partial charge in [-0.25, -0.2) is 9.98 Å². The minimum atomic E-state index is 0. The Hall–Kier alpha value is -0.410. The van der Waals surface area contributed by atoms with Gasteiger partial charge in [0.25, 0.3) is 0 Å². The average molecular weight is 479 g/mol. The van der Waals surface area contributed by atoms with Crippen molar-refractivity contribution in [1.29, 1.82) is 0 Å². The van der Waals surface area contributed by atoms with Crippen molar-refractivity contribution >= 4 is 41.3 Å². The number of aliphatic imine (C=N–C) groups is 1. The van der Waals surface area contributed by atoms with Crippen LogP contribution in [0.4, 0.5) is 0 Å². The van der Waals surface area contributed by atoms with Gasteiger partial charge in [-0.3, -0.25) is 4.90 Å². The van der Waals surface area contributed by atoms with Gasteiger partial charge < -0.3 is 10.6 Å². The predicted octanol–water partition coefficient (Wildman–Crippen LogP) is 3.64. The first-order valence-corrected chi connectivity index (χ1v) is 10.1. The fourth-order valence-electron chi connectivity index (χ4n) is 2.98. The maximum Gasteiger partial charge on any atom is 0.191 e. The zero-order valence-electron chi connectivity index (χ0n) is 16.1. The Balaban J connectivity index is 0.00000312. The van der Waals surface area contributed by atoms with Gasteiger partial charge in [0.05, 0.1) is 6.54 Å². The molecule has 0 atom stereocenters. The number of nitrogens with one attached hydrogen (secondary N) is 2. The topological polar surface area (TPSA) is 52.6 Å². The summed E-state index contributed by atoms with van der Waals surface area (Å²) < 4.78 is 0. The van der Waals surface area contributed by atoms with E-state index in [0.717, 1.165) is 30.5 Å². The largest absolute Gasteiger partial charge is 0.357 e. The molecule has 0 aromatic carbocycles. The van der Waals surface area contributed by atoms with Crippen LogP contribution in [-0.2, 0) is 13.0 Å². The minimum absolute atomic E-state index is 0. The molecule has 0 radical (unpaired) electrons. The van der Waals surface area contributed by atoms with Gasteiger partial charge in [-0.1, -0.05) is 13.3 Å². The Morgan fingerprint density at radius 3 is 2.56 bits per heavy atom. The highest BCUT2D eigenvalue weighted by molar-refractivity contribution is 14.0. The van der Waals surface area contributed by atoms with Crippen LogP contribution in [0.3, 0.4) is 0 Å². The van der Waals surface area contributed by atoms with Crippen molar-refractivity contribution in [2.45, 2.75) is 65.5 Å². The van der Waals surface area contributed by atoms with Crippen molar-refractivity contribution in [1.82, 2.24) is 20.5 Å². The highest BCUT2D eigenvalue weighted by atomic mass is 127. The summed E-state index contributed by atoms with van der Waals surface area (Å²) in [6, 6.07) is 0. The van der Waals surface area contributed by atoms with E-state index in [9.17, 15) is 0 Å². The van der Waals surface area contributed by atoms with Crippen molar-refractivity contribution in [2.24, 2.45) is 4.99 Å². The molecule has 1 aromatic rings.